The van der Waals surface area contributed by atoms with Gasteiger partial charge in [0.25, 0.3) is 0 Å². The summed E-state index contributed by atoms with van der Waals surface area (Å²) in [6, 6.07) is 51.5. The highest BCUT2D eigenvalue weighted by atomic mass is 79.9. The van der Waals surface area contributed by atoms with E-state index in [4.69, 9.17) is 0 Å². The molecule has 3 heteroatoms. The number of nitrogens with zero attached hydrogens (tertiary/aromatic N) is 1. The molecule has 346 valence electrons. The third kappa shape index (κ3) is 12.3. The van der Waals surface area contributed by atoms with Gasteiger partial charge in [0.1, 0.15) is 0 Å². The molecule has 0 heterocycles. The highest BCUT2D eigenvalue weighted by Crippen LogP contribution is 2.44. The molecule has 7 aromatic carbocycles. The van der Waals surface area contributed by atoms with E-state index in [2.05, 4.69) is 226 Å². The Labute approximate surface area is 416 Å². The SMILES string of the molecule is CCCCCCCCc1c(CCCCCCCC)c2cc(N(c3ccc(Br)cc3)c3ccc(C(C)(C)C)cc3)ccc2c2ccc(C(c3ccc(Br)cc3)c3ccc(C(C)(C)C)cc3)cc12. The fraction of sp³-hybridized carbons (Fsp3) is 0.397. The smallest absolute Gasteiger partial charge is 0.0468 e. The van der Waals surface area contributed by atoms with E-state index in [-0.39, 0.29) is 16.7 Å². The predicted molar refractivity (Wildman–Crippen MR) is 297 cm³/mol. The second-order valence-electron chi connectivity index (χ2n) is 21.0. The van der Waals surface area contributed by atoms with Gasteiger partial charge in [0.05, 0.1) is 0 Å². The Hall–Kier alpha value is -4.18. The van der Waals surface area contributed by atoms with Crippen LogP contribution in [0.15, 0.2) is 142 Å². The van der Waals surface area contributed by atoms with E-state index in [9.17, 15) is 0 Å². The molecule has 0 N–H and O–H groups in total. The Morgan fingerprint density at radius 3 is 1.23 bits per heavy atom. The first-order valence-electron chi connectivity index (χ1n) is 25.3. The van der Waals surface area contributed by atoms with E-state index < -0.39 is 0 Å². The van der Waals surface area contributed by atoms with Crippen LogP contribution in [0.2, 0.25) is 0 Å². The first kappa shape index (κ1) is 49.7. The van der Waals surface area contributed by atoms with E-state index in [1.54, 1.807) is 11.1 Å². The van der Waals surface area contributed by atoms with Crippen LogP contribution < -0.4 is 4.90 Å². The zero-order valence-electron chi connectivity index (χ0n) is 41.4. The predicted octanol–water partition coefficient (Wildman–Crippen LogP) is 20.6. The zero-order valence-corrected chi connectivity index (χ0v) is 44.6. The molecule has 0 radical (unpaired) electrons. The van der Waals surface area contributed by atoms with Gasteiger partial charge in [-0.15, -0.1) is 0 Å². The average Bonchev–Trinajstić information content (AvgIpc) is 3.30. The van der Waals surface area contributed by atoms with Crippen LogP contribution in [0, 0.1) is 0 Å². The van der Waals surface area contributed by atoms with Gasteiger partial charge in [-0.1, -0.05) is 218 Å². The van der Waals surface area contributed by atoms with Crippen molar-refractivity contribution in [2.45, 2.75) is 162 Å². The Morgan fingerprint density at radius 1 is 0.379 bits per heavy atom. The Bertz CT molecular complexity index is 2440. The minimum atomic E-state index is 0.0812. The lowest BCUT2D eigenvalue weighted by Crippen LogP contribution is -2.13. The molecule has 0 aliphatic carbocycles. The van der Waals surface area contributed by atoms with Gasteiger partial charge in [0.2, 0.25) is 0 Å². The van der Waals surface area contributed by atoms with Crippen LogP contribution in [0.5, 0.6) is 0 Å². The highest BCUT2D eigenvalue weighted by molar-refractivity contribution is 9.10. The van der Waals surface area contributed by atoms with Crippen molar-refractivity contribution in [1.82, 2.24) is 0 Å². The molecule has 1 unspecified atom stereocenters. The van der Waals surface area contributed by atoms with Crippen LogP contribution in [0.3, 0.4) is 0 Å². The van der Waals surface area contributed by atoms with Crippen molar-refractivity contribution in [3.05, 3.63) is 181 Å². The maximum atomic E-state index is 3.74. The van der Waals surface area contributed by atoms with Crippen LogP contribution in [0.25, 0.3) is 21.5 Å². The third-order valence-corrected chi connectivity index (χ3v) is 15.0. The monoisotopic (exact) mass is 1000 g/mol. The van der Waals surface area contributed by atoms with Crippen LogP contribution in [0.1, 0.15) is 177 Å². The molecular formula is C63H75Br2N. The molecule has 7 rings (SSSR count). The molecule has 0 aromatic heterocycles. The summed E-state index contributed by atoms with van der Waals surface area (Å²) in [5.41, 5.74) is 13.6. The topological polar surface area (TPSA) is 3.24 Å². The second kappa shape index (κ2) is 22.7. The molecule has 0 aliphatic rings. The fourth-order valence-corrected chi connectivity index (χ4v) is 10.5. The first-order chi connectivity index (χ1) is 31.8. The summed E-state index contributed by atoms with van der Waals surface area (Å²) in [5, 5.41) is 5.59. The van der Waals surface area contributed by atoms with Gasteiger partial charge in [-0.25, -0.2) is 0 Å². The first-order valence-corrected chi connectivity index (χ1v) is 26.9. The van der Waals surface area contributed by atoms with E-state index in [1.165, 1.54) is 138 Å². The number of fused-ring (bicyclic) bond motifs is 3. The third-order valence-electron chi connectivity index (χ3n) is 13.9. The lowest BCUT2D eigenvalue weighted by atomic mass is 9.80. The molecule has 0 saturated heterocycles. The van der Waals surface area contributed by atoms with Gasteiger partial charge in [-0.2, -0.15) is 0 Å². The second-order valence-corrected chi connectivity index (χ2v) is 22.8. The molecule has 1 atom stereocenters. The lowest BCUT2D eigenvalue weighted by Gasteiger charge is -2.28. The minimum Gasteiger partial charge on any atom is -0.310 e. The number of unbranched alkanes of at least 4 members (excludes halogenated alkanes) is 10. The molecule has 0 bridgehead atoms. The number of benzene rings is 7. The van der Waals surface area contributed by atoms with Crippen LogP contribution in [0.4, 0.5) is 17.1 Å². The molecule has 66 heavy (non-hydrogen) atoms. The summed E-state index contributed by atoms with van der Waals surface area (Å²) < 4.78 is 2.20. The van der Waals surface area contributed by atoms with E-state index >= 15 is 0 Å². The van der Waals surface area contributed by atoms with E-state index in [1.807, 2.05) is 0 Å². The Morgan fingerprint density at radius 2 is 0.742 bits per heavy atom. The summed E-state index contributed by atoms with van der Waals surface area (Å²) in [6.45, 7) is 18.4. The maximum Gasteiger partial charge on any atom is 0.0468 e. The van der Waals surface area contributed by atoms with Crippen LogP contribution in [-0.4, -0.2) is 0 Å². The van der Waals surface area contributed by atoms with Gasteiger partial charge in [0, 0.05) is 31.9 Å². The maximum absolute atomic E-state index is 3.74. The van der Waals surface area contributed by atoms with Crippen molar-refractivity contribution in [2.75, 3.05) is 4.90 Å². The van der Waals surface area contributed by atoms with Gasteiger partial charge < -0.3 is 4.90 Å². The van der Waals surface area contributed by atoms with Gasteiger partial charge >= 0.3 is 0 Å². The summed E-state index contributed by atoms with van der Waals surface area (Å²) in [7, 11) is 0. The summed E-state index contributed by atoms with van der Waals surface area (Å²) in [6.07, 6.45) is 17.7. The molecule has 0 aliphatic heterocycles. The van der Waals surface area contributed by atoms with E-state index in [0.29, 0.717) is 0 Å². The number of anilines is 3. The largest absolute Gasteiger partial charge is 0.310 e. The average molecular weight is 1010 g/mol. The molecule has 1 nitrogen and oxygen atoms in total. The molecule has 0 fully saturated rings. The van der Waals surface area contributed by atoms with E-state index in [0.717, 1.165) is 27.5 Å². The van der Waals surface area contributed by atoms with Crippen molar-refractivity contribution in [3.8, 4) is 0 Å². The molecule has 7 aromatic rings. The Kier molecular flexibility index (Phi) is 17.1. The quantitative estimate of drug-likeness (QED) is 0.0418. The van der Waals surface area contributed by atoms with Crippen molar-refractivity contribution in [2.24, 2.45) is 0 Å². The Balaban J connectivity index is 1.44. The van der Waals surface area contributed by atoms with Crippen molar-refractivity contribution >= 4 is 70.5 Å². The standard InChI is InChI=1S/C63H75Br2N/c1-9-11-13-15-17-19-21-55-56(22-20-18-16-14-12-10-2)60-44-54(66(53-38-34-51(65)35-39-53)52-36-30-49(31-37-52)63(6,7)8)40-42-58(60)57-41-27-47(43-59(55)57)61(46-25-32-50(64)33-26-46)45-23-28-48(29-24-45)62(3,4)5/h23-44,61H,9-22H2,1-8H3. The van der Waals surface area contributed by atoms with Crippen molar-refractivity contribution in [1.29, 1.82) is 0 Å². The summed E-state index contributed by atoms with van der Waals surface area (Å²) in [4.78, 5) is 2.46. The van der Waals surface area contributed by atoms with Crippen molar-refractivity contribution in [3.63, 3.8) is 0 Å². The van der Waals surface area contributed by atoms with Crippen LogP contribution >= 0.6 is 31.9 Å². The molecule has 0 spiro atoms. The minimum absolute atomic E-state index is 0.0812. The molecular weight excluding hydrogens is 931 g/mol. The molecule has 0 amide bonds. The van der Waals surface area contributed by atoms with Gasteiger partial charge in [-0.3, -0.25) is 0 Å². The van der Waals surface area contributed by atoms with Gasteiger partial charge in [-0.05, 0) is 164 Å². The lowest BCUT2D eigenvalue weighted by molar-refractivity contribution is 0.590. The number of aryl methyl sites for hydroxylation is 2. The number of halogens is 2. The number of hydrogen-bond acceptors (Lipinski definition) is 1. The molecule has 0 saturated carbocycles. The number of rotatable bonds is 20. The van der Waals surface area contributed by atoms with Gasteiger partial charge in [0.15, 0.2) is 0 Å². The number of hydrogen-bond donors (Lipinski definition) is 0. The van der Waals surface area contributed by atoms with Crippen molar-refractivity contribution < 1.29 is 0 Å². The summed E-state index contributed by atoms with van der Waals surface area (Å²) in [5.74, 6) is 0.114. The zero-order chi connectivity index (χ0) is 46.8. The summed E-state index contributed by atoms with van der Waals surface area (Å²) >= 11 is 7.47. The fourth-order valence-electron chi connectivity index (χ4n) is 10.00. The normalized spacial score (nSPS) is 12.6. The van der Waals surface area contributed by atoms with Crippen LogP contribution in [-0.2, 0) is 23.7 Å². The highest BCUT2D eigenvalue weighted by Gasteiger charge is 2.24.